The van der Waals surface area contributed by atoms with Gasteiger partial charge in [-0.05, 0) is 74.4 Å². The van der Waals surface area contributed by atoms with Crippen LogP contribution in [-0.2, 0) is 15.3 Å². The Hall–Kier alpha value is -3.82. The first-order valence-corrected chi connectivity index (χ1v) is 13.8. The van der Waals surface area contributed by atoms with Crippen LogP contribution in [0.2, 0.25) is 0 Å². The maximum absolute atomic E-state index is 12.4. The Labute approximate surface area is 234 Å². The molecule has 0 aliphatic rings. The van der Waals surface area contributed by atoms with Crippen LogP contribution in [0.4, 0.5) is 0 Å². The summed E-state index contributed by atoms with van der Waals surface area (Å²) in [7, 11) is 4.13. The Balaban J connectivity index is 0.000000798. The highest BCUT2D eigenvalue weighted by Crippen LogP contribution is 2.23. The standard InChI is InChI=1S/C28H34N2O2S.C2H2O4/c1-30(2)18-7-6-17-29-28(31)25-15-13-24(14-16-25)26-10-8-9-23(21-26)22-33-20-19-32-27-11-4-3-5-12-27;3-1(4)2(5)6/h3-5,8-16,21H,6-7,17-20,22H2,1-2H3,(H,29,31);(H,3,4)(H,5,6). The summed E-state index contributed by atoms with van der Waals surface area (Å²) in [6, 6.07) is 26.4. The summed E-state index contributed by atoms with van der Waals surface area (Å²) in [5.41, 5.74) is 4.29. The summed E-state index contributed by atoms with van der Waals surface area (Å²) in [5.74, 6) is -0.848. The number of thioether (sulfide) groups is 1. The minimum atomic E-state index is -1.82. The molecule has 0 spiro atoms. The number of carbonyl (C=O) groups excluding carboxylic acids is 1. The second-order valence-corrected chi connectivity index (χ2v) is 9.97. The number of nitrogens with zero attached hydrogens (tertiary/aromatic N) is 1. The number of rotatable bonds is 13. The summed E-state index contributed by atoms with van der Waals surface area (Å²) in [6.07, 6.45) is 2.08. The number of ether oxygens (including phenoxy) is 1. The van der Waals surface area contributed by atoms with Crippen molar-refractivity contribution in [2.75, 3.05) is 39.5 Å². The van der Waals surface area contributed by atoms with Gasteiger partial charge in [0.25, 0.3) is 5.91 Å². The van der Waals surface area contributed by atoms with Crippen LogP contribution >= 0.6 is 11.8 Å². The van der Waals surface area contributed by atoms with Crippen molar-refractivity contribution in [2.45, 2.75) is 18.6 Å². The third kappa shape index (κ3) is 13.0. The predicted molar refractivity (Wildman–Crippen MR) is 155 cm³/mol. The van der Waals surface area contributed by atoms with E-state index in [9.17, 15) is 4.79 Å². The molecule has 0 atom stereocenters. The van der Waals surface area contributed by atoms with Crippen LogP contribution in [0.3, 0.4) is 0 Å². The lowest BCUT2D eigenvalue weighted by Crippen LogP contribution is -2.25. The van der Waals surface area contributed by atoms with Gasteiger partial charge in [-0.15, -0.1) is 0 Å². The van der Waals surface area contributed by atoms with E-state index in [1.807, 2.05) is 66.4 Å². The molecule has 0 radical (unpaired) electrons. The first-order valence-electron chi connectivity index (χ1n) is 12.6. The van der Waals surface area contributed by atoms with E-state index in [1.54, 1.807) is 0 Å². The summed E-state index contributed by atoms with van der Waals surface area (Å²) in [4.78, 5) is 32.7. The number of carbonyl (C=O) groups is 3. The van der Waals surface area contributed by atoms with Crippen molar-refractivity contribution in [3.05, 3.63) is 90.0 Å². The van der Waals surface area contributed by atoms with Crippen molar-refractivity contribution in [3.63, 3.8) is 0 Å². The van der Waals surface area contributed by atoms with Crippen molar-refractivity contribution in [1.29, 1.82) is 0 Å². The zero-order valence-electron chi connectivity index (χ0n) is 22.3. The summed E-state index contributed by atoms with van der Waals surface area (Å²) >= 11 is 1.87. The summed E-state index contributed by atoms with van der Waals surface area (Å²) in [6.45, 7) is 2.46. The first kappa shape index (κ1) is 31.4. The van der Waals surface area contributed by atoms with E-state index in [0.717, 1.165) is 42.2 Å². The van der Waals surface area contributed by atoms with Crippen molar-refractivity contribution < 1.29 is 29.3 Å². The average Bonchev–Trinajstić information content (AvgIpc) is 2.93. The number of hydrogen-bond acceptors (Lipinski definition) is 6. The summed E-state index contributed by atoms with van der Waals surface area (Å²) in [5, 5.41) is 17.8. The summed E-state index contributed by atoms with van der Waals surface area (Å²) < 4.78 is 5.76. The van der Waals surface area contributed by atoms with E-state index in [0.29, 0.717) is 18.7 Å². The van der Waals surface area contributed by atoms with Crippen molar-refractivity contribution in [2.24, 2.45) is 0 Å². The van der Waals surface area contributed by atoms with Gasteiger partial charge in [0, 0.05) is 23.6 Å². The van der Waals surface area contributed by atoms with Crippen LogP contribution in [-0.4, -0.2) is 72.5 Å². The van der Waals surface area contributed by atoms with Crippen molar-refractivity contribution in [3.8, 4) is 16.9 Å². The molecule has 208 valence electrons. The molecule has 0 unspecified atom stereocenters. The fourth-order valence-electron chi connectivity index (χ4n) is 3.44. The molecule has 0 fully saturated rings. The second-order valence-electron chi connectivity index (χ2n) is 8.87. The number of nitrogens with one attached hydrogen (secondary N) is 1. The highest BCUT2D eigenvalue weighted by molar-refractivity contribution is 7.98. The lowest BCUT2D eigenvalue weighted by molar-refractivity contribution is -0.159. The van der Waals surface area contributed by atoms with Gasteiger partial charge >= 0.3 is 11.9 Å². The smallest absolute Gasteiger partial charge is 0.414 e. The van der Waals surface area contributed by atoms with E-state index >= 15 is 0 Å². The first-order chi connectivity index (χ1) is 18.8. The molecule has 8 nitrogen and oxygen atoms in total. The topological polar surface area (TPSA) is 116 Å². The molecule has 3 rings (SSSR count). The number of amides is 1. The number of carboxylic acid groups (broad SMARTS) is 2. The molecule has 3 N–H and O–H groups in total. The zero-order chi connectivity index (χ0) is 28.5. The number of hydrogen-bond donors (Lipinski definition) is 3. The van der Waals surface area contributed by atoms with Crippen molar-refractivity contribution in [1.82, 2.24) is 10.2 Å². The van der Waals surface area contributed by atoms with E-state index in [2.05, 4.69) is 48.6 Å². The van der Waals surface area contributed by atoms with Gasteiger partial charge in [0.2, 0.25) is 0 Å². The lowest BCUT2D eigenvalue weighted by atomic mass is 10.0. The molecule has 0 aromatic heterocycles. The molecule has 0 bridgehead atoms. The number of aliphatic carboxylic acids is 2. The van der Waals surface area contributed by atoms with Gasteiger partial charge in [0.15, 0.2) is 0 Å². The molecule has 0 heterocycles. The third-order valence-electron chi connectivity index (χ3n) is 5.42. The van der Waals surface area contributed by atoms with Gasteiger partial charge in [-0.2, -0.15) is 11.8 Å². The van der Waals surface area contributed by atoms with E-state index in [-0.39, 0.29) is 5.91 Å². The van der Waals surface area contributed by atoms with Gasteiger partial charge in [-0.1, -0.05) is 54.6 Å². The van der Waals surface area contributed by atoms with Crippen LogP contribution in [0.15, 0.2) is 78.9 Å². The lowest BCUT2D eigenvalue weighted by Gasteiger charge is -2.10. The Morgan fingerprint density at radius 2 is 1.54 bits per heavy atom. The Morgan fingerprint density at radius 1 is 0.846 bits per heavy atom. The molecule has 0 saturated carbocycles. The highest BCUT2D eigenvalue weighted by Gasteiger charge is 2.07. The van der Waals surface area contributed by atoms with Gasteiger partial charge < -0.3 is 25.2 Å². The molecular weight excluding hydrogens is 516 g/mol. The van der Waals surface area contributed by atoms with Gasteiger partial charge in [0.1, 0.15) is 5.75 Å². The van der Waals surface area contributed by atoms with Crippen LogP contribution in [0.1, 0.15) is 28.8 Å². The Kier molecular flexibility index (Phi) is 14.2. The molecule has 1 amide bonds. The minimum Gasteiger partial charge on any atom is -0.493 e. The van der Waals surface area contributed by atoms with Gasteiger partial charge in [-0.25, -0.2) is 9.59 Å². The van der Waals surface area contributed by atoms with Crippen LogP contribution in [0.5, 0.6) is 5.75 Å². The fraction of sp³-hybridized carbons (Fsp3) is 0.300. The Morgan fingerprint density at radius 3 is 2.18 bits per heavy atom. The molecule has 9 heteroatoms. The highest BCUT2D eigenvalue weighted by atomic mass is 32.2. The quantitative estimate of drug-likeness (QED) is 0.203. The number of benzene rings is 3. The fourth-order valence-corrected chi connectivity index (χ4v) is 4.20. The molecular formula is C30H36N2O6S. The zero-order valence-corrected chi connectivity index (χ0v) is 23.2. The predicted octanol–water partition coefficient (Wildman–Crippen LogP) is 4.89. The average molecular weight is 553 g/mol. The SMILES string of the molecule is CN(C)CCCCNC(=O)c1ccc(-c2cccc(CSCCOc3ccccc3)c2)cc1.O=C(O)C(=O)O. The minimum absolute atomic E-state index is 0.00530. The van der Waals surface area contributed by atoms with Crippen LogP contribution < -0.4 is 10.1 Å². The van der Waals surface area contributed by atoms with Gasteiger partial charge in [0.05, 0.1) is 6.61 Å². The Bertz CT molecular complexity index is 1160. The van der Waals surface area contributed by atoms with Gasteiger partial charge in [-0.3, -0.25) is 4.79 Å². The molecule has 3 aromatic rings. The van der Waals surface area contributed by atoms with E-state index in [4.69, 9.17) is 24.5 Å². The maximum Gasteiger partial charge on any atom is 0.414 e. The molecule has 0 saturated heterocycles. The second kappa shape index (κ2) is 17.6. The monoisotopic (exact) mass is 552 g/mol. The largest absolute Gasteiger partial charge is 0.493 e. The molecule has 39 heavy (non-hydrogen) atoms. The maximum atomic E-state index is 12.4. The van der Waals surface area contributed by atoms with Crippen LogP contribution in [0, 0.1) is 0 Å². The number of carboxylic acids is 2. The van der Waals surface area contributed by atoms with E-state index < -0.39 is 11.9 Å². The molecule has 3 aromatic carbocycles. The third-order valence-corrected chi connectivity index (χ3v) is 6.41. The van der Waals surface area contributed by atoms with Crippen molar-refractivity contribution >= 4 is 29.6 Å². The normalized spacial score (nSPS) is 10.3. The van der Waals surface area contributed by atoms with Crippen LogP contribution in [0.25, 0.3) is 11.1 Å². The van der Waals surface area contributed by atoms with E-state index in [1.165, 1.54) is 11.1 Å². The number of unbranched alkanes of at least 4 members (excludes halogenated alkanes) is 1. The molecule has 0 aliphatic heterocycles. The molecule has 0 aliphatic carbocycles. The number of para-hydroxylation sites is 1.